The summed E-state index contributed by atoms with van der Waals surface area (Å²) in [6, 6.07) is 14.1. The number of aryl methyl sites for hydroxylation is 2. The van der Waals surface area contributed by atoms with Crippen molar-refractivity contribution in [3.63, 3.8) is 0 Å². The molecule has 8 heteroatoms. The van der Waals surface area contributed by atoms with Gasteiger partial charge in [-0.3, -0.25) is 0 Å². The molecule has 0 bridgehead atoms. The van der Waals surface area contributed by atoms with Crippen LogP contribution in [0.15, 0.2) is 53.7 Å². The lowest BCUT2D eigenvalue weighted by molar-refractivity contribution is 0.790. The van der Waals surface area contributed by atoms with E-state index in [2.05, 4.69) is 52.8 Å². The van der Waals surface area contributed by atoms with Gasteiger partial charge in [0.15, 0.2) is 5.96 Å². The normalized spacial score (nSPS) is 11.1. The largest absolute Gasteiger partial charge is 0.357 e. The second-order valence-corrected chi connectivity index (χ2v) is 7.22. The van der Waals surface area contributed by atoms with E-state index in [1.54, 1.807) is 6.20 Å². The molecule has 2 N–H and O–H groups in total. The van der Waals surface area contributed by atoms with Crippen molar-refractivity contribution in [1.82, 2.24) is 25.4 Å². The van der Waals surface area contributed by atoms with Crippen LogP contribution in [0.5, 0.6) is 0 Å². The molecule has 3 aromatic rings. The maximum atomic E-state index is 5.84. The van der Waals surface area contributed by atoms with E-state index in [9.17, 15) is 0 Å². The molecule has 0 radical (unpaired) electrons. The number of guanidine groups is 1. The molecular weight excluding hydrogens is 511 g/mol. The summed E-state index contributed by atoms with van der Waals surface area (Å²) in [6.45, 7) is 8.25. The zero-order chi connectivity index (χ0) is 20.6. The fourth-order valence-electron chi connectivity index (χ4n) is 3.11. The first-order chi connectivity index (χ1) is 14.1. The first-order valence-corrected chi connectivity index (χ1v) is 10.2. The molecule has 0 atom stereocenters. The molecule has 0 unspecified atom stereocenters. The van der Waals surface area contributed by atoms with Crippen LogP contribution >= 0.6 is 35.6 Å². The second-order valence-electron chi connectivity index (χ2n) is 6.83. The quantitative estimate of drug-likeness (QED) is 0.202. The minimum Gasteiger partial charge on any atom is -0.357 e. The number of halogens is 2. The Balaban J connectivity index is 0.00000320. The van der Waals surface area contributed by atoms with Gasteiger partial charge in [0.05, 0.1) is 17.9 Å². The molecule has 6 nitrogen and oxygen atoms in total. The highest BCUT2D eigenvalue weighted by Gasteiger charge is 2.08. The van der Waals surface area contributed by atoms with Crippen molar-refractivity contribution in [3.05, 3.63) is 76.3 Å². The van der Waals surface area contributed by atoms with Crippen LogP contribution in [0.2, 0.25) is 5.15 Å². The van der Waals surface area contributed by atoms with Gasteiger partial charge in [-0.2, -0.15) is 5.10 Å². The topological polar surface area (TPSA) is 67.1 Å². The third kappa shape index (κ3) is 6.70. The van der Waals surface area contributed by atoms with Crippen LogP contribution in [-0.4, -0.2) is 33.8 Å². The monoisotopic (exact) mass is 538 g/mol. The number of pyridine rings is 1. The lowest BCUT2D eigenvalue weighted by Gasteiger charge is -2.13. The highest BCUT2D eigenvalue weighted by atomic mass is 127. The maximum Gasteiger partial charge on any atom is 0.191 e. The zero-order valence-electron chi connectivity index (χ0n) is 17.5. The van der Waals surface area contributed by atoms with E-state index in [4.69, 9.17) is 16.6 Å². The standard InChI is InChI=1S/C22H27ClN6.HI/c1-4-24-22(25-12-11-18-9-10-21(23)26-14-18)27-15-19-7-5-6-8-20(19)29-17(3)13-16(2)28-29;/h5-10,13-14H,4,11-12,15H2,1-3H3,(H2,24,25,27);1H. The van der Waals surface area contributed by atoms with E-state index in [0.717, 1.165) is 53.7 Å². The van der Waals surface area contributed by atoms with Crippen LogP contribution in [0.3, 0.4) is 0 Å². The van der Waals surface area contributed by atoms with Gasteiger partial charge in [-0.05, 0) is 56.5 Å². The molecule has 0 spiro atoms. The predicted molar refractivity (Wildman–Crippen MR) is 134 cm³/mol. The van der Waals surface area contributed by atoms with Gasteiger partial charge in [-0.1, -0.05) is 35.9 Å². The van der Waals surface area contributed by atoms with Gasteiger partial charge >= 0.3 is 0 Å². The van der Waals surface area contributed by atoms with Gasteiger partial charge < -0.3 is 10.6 Å². The molecule has 0 fully saturated rings. The highest BCUT2D eigenvalue weighted by Crippen LogP contribution is 2.17. The molecule has 0 aliphatic heterocycles. The SMILES string of the molecule is CCNC(=NCc1ccccc1-n1nc(C)cc1C)NCCc1ccc(Cl)nc1.I. The van der Waals surface area contributed by atoms with Crippen LogP contribution in [0.4, 0.5) is 0 Å². The van der Waals surface area contributed by atoms with Crippen LogP contribution in [-0.2, 0) is 13.0 Å². The molecule has 1 aromatic carbocycles. The molecule has 3 rings (SSSR count). The molecule has 160 valence electrons. The lowest BCUT2D eigenvalue weighted by Crippen LogP contribution is -2.38. The van der Waals surface area contributed by atoms with Crippen molar-refractivity contribution in [1.29, 1.82) is 0 Å². The maximum absolute atomic E-state index is 5.84. The van der Waals surface area contributed by atoms with Crippen LogP contribution in [0.25, 0.3) is 5.69 Å². The number of hydrogen-bond acceptors (Lipinski definition) is 3. The molecule has 2 heterocycles. The Labute approximate surface area is 200 Å². The molecule has 30 heavy (non-hydrogen) atoms. The smallest absolute Gasteiger partial charge is 0.191 e. The molecule has 0 aliphatic rings. The van der Waals surface area contributed by atoms with Crippen LogP contribution in [0.1, 0.15) is 29.4 Å². The summed E-state index contributed by atoms with van der Waals surface area (Å²) in [5.74, 6) is 0.789. The van der Waals surface area contributed by atoms with Gasteiger partial charge in [0.25, 0.3) is 0 Å². The Kier molecular flexibility index (Phi) is 9.58. The van der Waals surface area contributed by atoms with Gasteiger partial charge in [-0.15, -0.1) is 24.0 Å². The lowest BCUT2D eigenvalue weighted by atomic mass is 10.2. The van der Waals surface area contributed by atoms with E-state index in [1.165, 1.54) is 0 Å². The average molecular weight is 539 g/mol. The van der Waals surface area contributed by atoms with E-state index >= 15 is 0 Å². The van der Waals surface area contributed by atoms with Crippen LogP contribution in [0, 0.1) is 13.8 Å². The summed E-state index contributed by atoms with van der Waals surface area (Å²) in [5.41, 5.74) is 5.43. The third-order valence-electron chi connectivity index (χ3n) is 4.48. The van der Waals surface area contributed by atoms with E-state index in [1.807, 2.05) is 35.9 Å². The number of para-hydroxylation sites is 1. The summed E-state index contributed by atoms with van der Waals surface area (Å²) in [4.78, 5) is 8.89. The van der Waals surface area contributed by atoms with Crippen LogP contribution < -0.4 is 10.6 Å². The Morgan fingerprint density at radius 3 is 2.60 bits per heavy atom. The number of nitrogens with zero attached hydrogens (tertiary/aromatic N) is 4. The Morgan fingerprint density at radius 1 is 1.13 bits per heavy atom. The van der Waals surface area contributed by atoms with Crippen molar-refractivity contribution >= 4 is 41.5 Å². The van der Waals surface area contributed by atoms with Gasteiger partial charge in [0, 0.05) is 25.0 Å². The fourth-order valence-corrected chi connectivity index (χ4v) is 3.22. The van der Waals surface area contributed by atoms with E-state index in [0.29, 0.717) is 11.7 Å². The molecular formula is C22H28ClIN6. The molecule has 0 saturated heterocycles. The summed E-state index contributed by atoms with van der Waals surface area (Å²) in [7, 11) is 0. The van der Waals surface area contributed by atoms with Gasteiger partial charge in [0.2, 0.25) is 0 Å². The van der Waals surface area contributed by atoms with Crippen molar-refractivity contribution in [2.45, 2.75) is 33.7 Å². The Morgan fingerprint density at radius 2 is 1.93 bits per heavy atom. The van der Waals surface area contributed by atoms with Gasteiger partial charge in [-0.25, -0.2) is 14.7 Å². The molecule has 0 aliphatic carbocycles. The number of aliphatic imine (C=N–C) groups is 1. The number of aromatic nitrogens is 3. The number of hydrogen-bond donors (Lipinski definition) is 2. The number of nitrogens with one attached hydrogen (secondary N) is 2. The van der Waals surface area contributed by atoms with E-state index < -0.39 is 0 Å². The summed E-state index contributed by atoms with van der Waals surface area (Å²) in [6.07, 6.45) is 2.65. The summed E-state index contributed by atoms with van der Waals surface area (Å²) in [5, 5.41) is 11.8. The first-order valence-electron chi connectivity index (χ1n) is 9.81. The fraction of sp³-hybridized carbons (Fsp3) is 0.318. The van der Waals surface area contributed by atoms with Crippen molar-refractivity contribution < 1.29 is 0 Å². The van der Waals surface area contributed by atoms with Gasteiger partial charge in [0.1, 0.15) is 5.15 Å². The second kappa shape index (κ2) is 11.9. The molecule has 2 aromatic heterocycles. The minimum atomic E-state index is 0. The average Bonchev–Trinajstić information content (AvgIpc) is 3.05. The number of benzene rings is 1. The number of rotatable bonds is 7. The highest BCUT2D eigenvalue weighted by molar-refractivity contribution is 14.0. The van der Waals surface area contributed by atoms with Crippen molar-refractivity contribution in [2.75, 3.05) is 13.1 Å². The van der Waals surface area contributed by atoms with Crippen molar-refractivity contribution in [2.24, 2.45) is 4.99 Å². The Hall–Kier alpha value is -2.13. The van der Waals surface area contributed by atoms with E-state index in [-0.39, 0.29) is 24.0 Å². The predicted octanol–water partition coefficient (Wildman–Crippen LogP) is 4.45. The minimum absolute atomic E-state index is 0. The summed E-state index contributed by atoms with van der Waals surface area (Å²) >= 11 is 5.84. The van der Waals surface area contributed by atoms with Crippen molar-refractivity contribution in [3.8, 4) is 5.69 Å². The zero-order valence-corrected chi connectivity index (χ0v) is 20.6. The summed E-state index contributed by atoms with van der Waals surface area (Å²) < 4.78 is 1.98. The Bertz CT molecular complexity index is 968. The molecule has 0 saturated carbocycles. The third-order valence-corrected chi connectivity index (χ3v) is 4.70. The molecule has 0 amide bonds. The first kappa shape index (κ1) is 24.1.